The molecule has 0 saturated heterocycles. The number of unbranched alkanes of at least 4 members (excludes halogenated alkanes) is 1. The number of amides is 1. The molecule has 0 spiro atoms. The molecule has 25 heavy (non-hydrogen) atoms. The van der Waals surface area contributed by atoms with Crippen LogP contribution in [0.15, 0.2) is 42.6 Å². The molecule has 6 nitrogen and oxygen atoms in total. The number of carbonyl (C=O) groups is 1. The van der Waals surface area contributed by atoms with Gasteiger partial charge in [0.05, 0.1) is 12.2 Å². The van der Waals surface area contributed by atoms with E-state index in [1.807, 2.05) is 31.2 Å². The monoisotopic (exact) mass is 343 g/mol. The average molecular weight is 343 g/mol. The van der Waals surface area contributed by atoms with Gasteiger partial charge in [0.15, 0.2) is 0 Å². The number of carbonyl (C=O) groups excluding carboxylic acids is 1. The lowest BCUT2D eigenvalue weighted by Crippen LogP contribution is -2.24. The third-order valence-corrected chi connectivity index (χ3v) is 3.59. The molecule has 0 bridgehead atoms. The number of nitrogens with zero attached hydrogens (tertiary/aromatic N) is 1. The molecule has 1 amide bonds. The number of benzene rings is 1. The van der Waals surface area contributed by atoms with Crippen molar-refractivity contribution in [3.05, 3.63) is 53.7 Å². The van der Waals surface area contributed by atoms with Crippen LogP contribution in [-0.2, 0) is 11.3 Å². The number of pyridine rings is 1. The van der Waals surface area contributed by atoms with E-state index in [2.05, 4.69) is 10.3 Å². The topological polar surface area (TPSA) is 86.5 Å². The quantitative estimate of drug-likeness (QED) is 0.648. The van der Waals surface area contributed by atoms with Crippen molar-refractivity contribution in [3.63, 3.8) is 0 Å². The third-order valence-electron chi connectivity index (χ3n) is 3.59. The number of ether oxygens (including phenoxy) is 2. The fourth-order valence-electron chi connectivity index (χ4n) is 2.27. The van der Waals surface area contributed by atoms with E-state index >= 15 is 0 Å². The molecule has 1 aromatic carbocycles. The Morgan fingerprint density at radius 1 is 1.20 bits per heavy atom. The molecule has 0 saturated carbocycles. The molecule has 1 heterocycles. The maximum Gasteiger partial charge on any atom is 0.255 e. The average Bonchev–Trinajstić information content (AvgIpc) is 2.63. The van der Waals surface area contributed by atoms with Gasteiger partial charge < -0.3 is 20.5 Å². The molecule has 2 aromatic rings. The number of rotatable bonds is 10. The zero-order valence-corrected chi connectivity index (χ0v) is 14.5. The van der Waals surface area contributed by atoms with Crippen LogP contribution in [0.25, 0.3) is 0 Å². The lowest BCUT2D eigenvalue weighted by molar-refractivity contribution is 0.0951. The van der Waals surface area contributed by atoms with E-state index in [0.29, 0.717) is 18.7 Å². The van der Waals surface area contributed by atoms with Gasteiger partial charge in [-0.3, -0.25) is 4.79 Å². The van der Waals surface area contributed by atoms with Gasteiger partial charge in [-0.15, -0.1) is 0 Å². The maximum absolute atomic E-state index is 12.1. The summed E-state index contributed by atoms with van der Waals surface area (Å²) in [6.45, 7) is 4.55. The van der Waals surface area contributed by atoms with E-state index in [4.69, 9.17) is 15.2 Å². The van der Waals surface area contributed by atoms with Crippen LogP contribution in [0.3, 0.4) is 0 Å². The number of hydrogen-bond donors (Lipinski definition) is 2. The first-order valence-corrected chi connectivity index (χ1v) is 8.49. The van der Waals surface area contributed by atoms with Crippen molar-refractivity contribution >= 4 is 11.7 Å². The first-order chi connectivity index (χ1) is 12.2. The Labute approximate surface area is 148 Å². The van der Waals surface area contributed by atoms with Gasteiger partial charge in [-0.1, -0.05) is 12.1 Å². The summed E-state index contributed by atoms with van der Waals surface area (Å²) in [6.07, 6.45) is 3.48. The summed E-state index contributed by atoms with van der Waals surface area (Å²) in [5.74, 6) is 0.779. The second-order valence-corrected chi connectivity index (χ2v) is 5.52. The van der Waals surface area contributed by atoms with E-state index in [1.54, 1.807) is 18.3 Å². The van der Waals surface area contributed by atoms with Crippen molar-refractivity contribution in [2.24, 2.45) is 0 Å². The van der Waals surface area contributed by atoms with Crippen LogP contribution in [0.1, 0.15) is 35.7 Å². The van der Waals surface area contributed by atoms with Gasteiger partial charge in [0, 0.05) is 26.0 Å². The van der Waals surface area contributed by atoms with Crippen LogP contribution in [-0.4, -0.2) is 30.7 Å². The second-order valence-electron chi connectivity index (χ2n) is 5.52. The minimum Gasteiger partial charge on any atom is -0.494 e. The van der Waals surface area contributed by atoms with Crippen LogP contribution in [0.2, 0.25) is 0 Å². The Kier molecular flexibility index (Phi) is 7.72. The molecule has 0 unspecified atom stereocenters. The van der Waals surface area contributed by atoms with Crippen LogP contribution >= 0.6 is 0 Å². The van der Waals surface area contributed by atoms with Gasteiger partial charge in [0.1, 0.15) is 11.6 Å². The molecule has 2 rings (SSSR count). The van der Waals surface area contributed by atoms with Crippen molar-refractivity contribution in [3.8, 4) is 5.75 Å². The lowest BCUT2D eigenvalue weighted by Gasteiger charge is -2.10. The van der Waals surface area contributed by atoms with E-state index < -0.39 is 0 Å². The van der Waals surface area contributed by atoms with Gasteiger partial charge in [-0.2, -0.15) is 0 Å². The molecule has 0 radical (unpaired) electrons. The molecule has 3 N–H and O–H groups in total. The summed E-state index contributed by atoms with van der Waals surface area (Å²) in [5, 5.41) is 2.84. The van der Waals surface area contributed by atoms with Crippen LogP contribution in [0.4, 0.5) is 5.82 Å². The Morgan fingerprint density at radius 3 is 2.84 bits per heavy atom. The Balaban J connectivity index is 1.79. The Morgan fingerprint density at radius 2 is 2.04 bits per heavy atom. The van der Waals surface area contributed by atoms with Crippen molar-refractivity contribution in [2.75, 3.05) is 25.6 Å². The highest BCUT2D eigenvalue weighted by atomic mass is 16.5. The number of nitrogen functional groups attached to an aromatic ring is 1. The van der Waals surface area contributed by atoms with Gasteiger partial charge in [-0.25, -0.2) is 4.98 Å². The molecule has 6 heteroatoms. The fraction of sp³-hybridized carbons (Fsp3) is 0.368. The van der Waals surface area contributed by atoms with Crippen LogP contribution in [0, 0.1) is 0 Å². The molecule has 134 valence electrons. The molecule has 0 aliphatic heterocycles. The number of nitrogens with one attached hydrogen (secondary N) is 1. The van der Waals surface area contributed by atoms with Gasteiger partial charge in [0.25, 0.3) is 5.91 Å². The Bertz CT molecular complexity index is 676. The summed E-state index contributed by atoms with van der Waals surface area (Å²) in [7, 11) is 0. The standard InChI is InChI=1S/C19H25N3O3/c1-2-24-11-3-4-12-25-16-8-5-7-15(13-16)14-22-19(23)17-9-6-10-21-18(17)20/h5-10,13H,2-4,11-12,14H2,1H3,(H2,20,21)(H,22,23). The number of aromatic nitrogens is 1. The molecule has 0 aliphatic carbocycles. The first-order valence-electron chi connectivity index (χ1n) is 8.49. The lowest BCUT2D eigenvalue weighted by atomic mass is 10.2. The largest absolute Gasteiger partial charge is 0.494 e. The summed E-state index contributed by atoms with van der Waals surface area (Å²) in [5.41, 5.74) is 7.05. The smallest absolute Gasteiger partial charge is 0.255 e. The van der Waals surface area contributed by atoms with Crippen LogP contribution in [0.5, 0.6) is 5.75 Å². The van der Waals surface area contributed by atoms with E-state index in [0.717, 1.165) is 37.4 Å². The highest BCUT2D eigenvalue weighted by Gasteiger charge is 2.09. The van der Waals surface area contributed by atoms with Gasteiger partial charge in [-0.05, 0) is 49.6 Å². The fourth-order valence-corrected chi connectivity index (χ4v) is 2.27. The normalized spacial score (nSPS) is 10.4. The van der Waals surface area contributed by atoms with Gasteiger partial charge >= 0.3 is 0 Å². The summed E-state index contributed by atoms with van der Waals surface area (Å²) in [4.78, 5) is 16.1. The third kappa shape index (κ3) is 6.43. The summed E-state index contributed by atoms with van der Waals surface area (Å²) < 4.78 is 11.0. The maximum atomic E-state index is 12.1. The molecule has 0 atom stereocenters. The summed E-state index contributed by atoms with van der Waals surface area (Å²) >= 11 is 0. The van der Waals surface area contributed by atoms with Gasteiger partial charge in [0.2, 0.25) is 0 Å². The summed E-state index contributed by atoms with van der Waals surface area (Å²) in [6, 6.07) is 11.0. The zero-order chi connectivity index (χ0) is 17.9. The molecule has 0 aliphatic rings. The SMILES string of the molecule is CCOCCCCOc1cccc(CNC(=O)c2cccnc2N)c1. The van der Waals surface area contributed by atoms with Crippen molar-refractivity contribution in [1.29, 1.82) is 0 Å². The molecular weight excluding hydrogens is 318 g/mol. The number of hydrogen-bond acceptors (Lipinski definition) is 5. The van der Waals surface area contributed by atoms with Crippen molar-refractivity contribution in [2.45, 2.75) is 26.3 Å². The molecule has 1 aromatic heterocycles. The minimum atomic E-state index is -0.243. The predicted molar refractivity (Wildman–Crippen MR) is 97.5 cm³/mol. The van der Waals surface area contributed by atoms with Crippen molar-refractivity contribution < 1.29 is 14.3 Å². The predicted octanol–water partition coefficient (Wildman–Crippen LogP) is 2.79. The number of nitrogens with two attached hydrogens (primary N) is 1. The molecular formula is C19H25N3O3. The van der Waals surface area contributed by atoms with Crippen LogP contribution < -0.4 is 15.8 Å². The Hall–Kier alpha value is -2.60. The van der Waals surface area contributed by atoms with Crippen molar-refractivity contribution in [1.82, 2.24) is 10.3 Å². The highest BCUT2D eigenvalue weighted by Crippen LogP contribution is 2.14. The zero-order valence-electron chi connectivity index (χ0n) is 14.5. The van der Waals surface area contributed by atoms with E-state index in [9.17, 15) is 4.79 Å². The number of anilines is 1. The molecule has 0 fully saturated rings. The first kappa shape index (κ1) is 18.7. The second kappa shape index (κ2) is 10.3. The van der Waals surface area contributed by atoms with E-state index in [-0.39, 0.29) is 11.7 Å². The highest BCUT2D eigenvalue weighted by molar-refractivity contribution is 5.98. The van der Waals surface area contributed by atoms with E-state index in [1.165, 1.54) is 0 Å². The minimum absolute atomic E-state index is 0.226.